The Bertz CT molecular complexity index is 1400. The van der Waals surface area contributed by atoms with Gasteiger partial charge in [0, 0.05) is 35.9 Å². The van der Waals surface area contributed by atoms with Crippen LogP contribution in [0.3, 0.4) is 0 Å². The van der Waals surface area contributed by atoms with Crippen LogP contribution in [0.4, 0.5) is 11.4 Å². The summed E-state index contributed by atoms with van der Waals surface area (Å²) in [5, 5.41) is 0.706. The fraction of sp³-hybridized carbons (Fsp3) is 0.333. The molecule has 39 heavy (non-hydrogen) atoms. The van der Waals surface area contributed by atoms with Crippen LogP contribution in [-0.2, 0) is 11.2 Å². The molecule has 1 atom stereocenters. The number of carbonyl (C=O) groups is 1. The molecule has 2 aliphatic rings. The van der Waals surface area contributed by atoms with E-state index >= 15 is 0 Å². The van der Waals surface area contributed by atoms with E-state index in [1.54, 1.807) is 7.11 Å². The van der Waals surface area contributed by atoms with Gasteiger partial charge >= 0.3 is 0 Å². The molecule has 5 nitrogen and oxygen atoms in total. The number of carbonyl (C=O) groups excluding carboxylic acids is 1. The summed E-state index contributed by atoms with van der Waals surface area (Å²) in [4.78, 5) is 23.6. The van der Waals surface area contributed by atoms with Crippen LogP contribution in [0.2, 0.25) is 0 Å². The second kappa shape index (κ2) is 11.3. The highest BCUT2D eigenvalue weighted by atomic mass is 32.2. The number of hydrogen-bond donors (Lipinski definition) is 0. The first-order valence-electron chi connectivity index (χ1n) is 13.7. The van der Waals surface area contributed by atoms with Crippen molar-refractivity contribution >= 4 is 40.3 Å². The van der Waals surface area contributed by atoms with Crippen LogP contribution in [0.25, 0.3) is 6.08 Å². The summed E-state index contributed by atoms with van der Waals surface area (Å²) in [6.07, 6.45) is 3.82. The Kier molecular flexibility index (Phi) is 7.85. The maximum Gasteiger partial charge on any atom is 0.266 e. The summed E-state index contributed by atoms with van der Waals surface area (Å²) in [6, 6.07) is 24.5. The molecule has 0 bridgehead atoms. The highest BCUT2D eigenvalue weighted by molar-refractivity contribution is 8.18. The van der Waals surface area contributed by atoms with E-state index < -0.39 is 0 Å². The minimum atomic E-state index is -0.0187. The van der Waals surface area contributed by atoms with Crippen molar-refractivity contribution in [1.82, 2.24) is 4.90 Å². The Morgan fingerprint density at radius 3 is 2.44 bits per heavy atom. The molecule has 1 saturated heterocycles. The van der Waals surface area contributed by atoms with E-state index in [0.717, 1.165) is 36.4 Å². The first-order valence-corrected chi connectivity index (χ1v) is 14.5. The van der Waals surface area contributed by atoms with Gasteiger partial charge in [-0.15, -0.1) is 0 Å². The van der Waals surface area contributed by atoms with Crippen LogP contribution < -0.4 is 9.64 Å². The van der Waals surface area contributed by atoms with Gasteiger partial charge in [-0.3, -0.25) is 9.69 Å². The lowest BCUT2D eigenvalue weighted by atomic mass is 9.79. The second-order valence-electron chi connectivity index (χ2n) is 10.8. The van der Waals surface area contributed by atoms with Crippen molar-refractivity contribution in [3.63, 3.8) is 0 Å². The first-order chi connectivity index (χ1) is 18.8. The van der Waals surface area contributed by atoms with E-state index in [1.807, 2.05) is 59.5 Å². The third kappa shape index (κ3) is 5.62. The maximum absolute atomic E-state index is 13.8. The van der Waals surface area contributed by atoms with Crippen LogP contribution >= 0.6 is 11.8 Å². The number of methoxy groups -OCH3 is 1. The zero-order valence-electron chi connectivity index (χ0n) is 23.5. The lowest BCUT2D eigenvalue weighted by Gasteiger charge is -2.47. The van der Waals surface area contributed by atoms with Crippen molar-refractivity contribution in [1.29, 1.82) is 0 Å². The molecule has 0 saturated carbocycles. The zero-order chi connectivity index (χ0) is 27.6. The van der Waals surface area contributed by atoms with Crippen molar-refractivity contribution < 1.29 is 9.53 Å². The first kappa shape index (κ1) is 27.1. The third-order valence-electron chi connectivity index (χ3n) is 7.68. The molecule has 3 aromatic carbocycles. The smallest absolute Gasteiger partial charge is 0.266 e. The van der Waals surface area contributed by atoms with Gasteiger partial charge in [0.15, 0.2) is 5.17 Å². The van der Waals surface area contributed by atoms with E-state index in [2.05, 4.69) is 56.9 Å². The van der Waals surface area contributed by atoms with Crippen molar-refractivity contribution in [2.24, 2.45) is 4.99 Å². The minimum Gasteiger partial charge on any atom is -0.496 e. The van der Waals surface area contributed by atoms with Gasteiger partial charge in [-0.25, -0.2) is 4.99 Å². The summed E-state index contributed by atoms with van der Waals surface area (Å²) >= 11 is 1.44. The quantitative estimate of drug-likeness (QED) is 0.289. The monoisotopic (exact) mass is 539 g/mol. The van der Waals surface area contributed by atoms with Crippen molar-refractivity contribution in [2.75, 3.05) is 25.1 Å². The van der Waals surface area contributed by atoms with E-state index in [-0.39, 0.29) is 11.4 Å². The molecule has 1 fully saturated rings. The van der Waals surface area contributed by atoms with Gasteiger partial charge in [-0.1, -0.05) is 55.5 Å². The molecule has 0 aromatic heterocycles. The Balaban J connectivity index is 1.52. The predicted molar refractivity (Wildman–Crippen MR) is 164 cm³/mol. The highest BCUT2D eigenvalue weighted by Gasteiger charge is 2.37. The standard InChI is InChI=1S/C33H37N3O2S/c1-6-36-28-21-29(38-5)25(19-27(28)23(2)22-33(36,3)4)20-30-31(37)35(18-17-24-13-9-7-10-14-24)32(39-30)34-26-15-11-8-12-16-26/h7-16,19-21,23H,6,17-18,22H2,1-5H3/b30-20+,34-32?. The SMILES string of the molecule is CCN1c2cc(OC)c(/C=C3/SC(=Nc4ccccc4)N(CCc4ccccc4)C3=O)cc2C(C)CC1(C)C. The Labute approximate surface area is 236 Å². The number of amidine groups is 1. The van der Waals surface area contributed by atoms with E-state index in [0.29, 0.717) is 22.5 Å². The van der Waals surface area contributed by atoms with Gasteiger partial charge in [0.25, 0.3) is 5.91 Å². The Morgan fingerprint density at radius 2 is 1.77 bits per heavy atom. The van der Waals surface area contributed by atoms with Crippen molar-refractivity contribution in [3.05, 3.63) is 94.4 Å². The Morgan fingerprint density at radius 1 is 1.08 bits per heavy atom. The molecular weight excluding hydrogens is 502 g/mol. The van der Waals surface area contributed by atoms with Crippen LogP contribution in [0.5, 0.6) is 5.75 Å². The minimum absolute atomic E-state index is 0.0187. The number of thioether (sulfide) groups is 1. The number of nitrogens with zero attached hydrogens (tertiary/aromatic N) is 3. The van der Waals surface area contributed by atoms with E-state index in [4.69, 9.17) is 9.73 Å². The molecule has 0 radical (unpaired) electrons. The van der Waals surface area contributed by atoms with Crippen LogP contribution in [0.15, 0.2) is 82.7 Å². The Hall–Kier alpha value is -3.51. The van der Waals surface area contributed by atoms with Crippen LogP contribution in [0, 0.1) is 0 Å². The largest absolute Gasteiger partial charge is 0.496 e. The molecule has 1 unspecified atom stereocenters. The number of fused-ring (bicyclic) bond motifs is 1. The van der Waals surface area contributed by atoms with Crippen molar-refractivity contribution in [3.8, 4) is 5.75 Å². The highest BCUT2D eigenvalue weighted by Crippen LogP contribution is 2.46. The molecule has 2 heterocycles. The molecule has 0 aliphatic carbocycles. The summed E-state index contributed by atoms with van der Waals surface area (Å²) in [5.41, 5.74) is 5.56. The molecule has 0 N–H and O–H groups in total. The van der Waals surface area contributed by atoms with Gasteiger partial charge < -0.3 is 9.64 Å². The fourth-order valence-corrected chi connectivity index (χ4v) is 6.86. The normalized spacial score (nSPS) is 20.5. The number of anilines is 1. The van der Waals surface area contributed by atoms with Gasteiger partial charge in [-0.05, 0) is 86.7 Å². The average molecular weight is 540 g/mol. The zero-order valence-corrected chi connectivity index (χ0v) is 24.3. The van der Waals surface area contributed by atoms with Gasteiger partial charge in [0.1, 0.15) is 5.75 Å². The average Bonchev–Trinajstić information content (AvgIpc) is 3.21. The fourth-order valence-electron chi connectivity index (χ4n) is 5.84. The van der Waals surface area contributed by atoms with Crippen molar-refractivity contribution in [2.45, 2.75) is 52.0 Å². The molecule has 6 heteroatoms. The molecule has 202 valence electrons. The number of amides is 1. The van der Waals surface area contributed by atoms with Crippen LogP contribution in [0.1, 0.15) is 56.7 Å². The predicted octanol–water partition coefficient (Wildman–Crippen LogP) is 7.65. The summed E-state index contributed by atoms with van der Waals surface area (Å²) < 4.78 is 5.87. The second-order valence-corrected chi connectivity index (χ2v) is 11.9. The van der Waals surface area contributed by atoms with Gasteiger partial charge in [-0.2, -0.15) is 0 Å². The van der Waals surface area contributed by atoms with Gasteiger partial charge in [0.05, 0.1) is 17.7 Å². The number of ether oxygens (including phenoxy) is 1. The lowest BCUT2D eigenvalue weighted by Crippen LogP contribution is -2.48. The maximum atomic E-state index is 13.8. The number of rotatable bonds is 7. The molecule has 0 spiro atoms. The van der Waals surface area contributed by atoms with E-state index in [1.165, 1.54) is 28.6 Å². The molecule has 1 amide bonds. The number of para-hydroxylation sites is 1. The summed E-state index contributed by atoms with van der Waals surface area (Å²) in [6.45, 7) is 10.6. The summed E-state index contributed by atoms with van der Waals surface area (Å²) in [7, 11) is 1.70. The molecule has 2 aliphatic heterocycles. The molecule has 3 aromatic rings. The lowest BCUT2D eigenvalue weighted by molar-refractivity contribution is -0.122. The summed E-state index contributed by atoms with van der Waals surface area (Å²) in [5.74, 6) is 1.17. The topological polar surface area (TPSA) is 45.1 Å². The number of aliphatic imine (C=N–C) groups is 1. The number of hydrogen-bond acceptors (Lipinski definition) is 5. The third-order valence-corrected chi connectivity index (χ3v) is 8.68. The molecule has 5 rings (SSSR count). The number of benzene rings is 3. The van der Waals surface area contributed by atoms with Gasteiger partial charge in [0.2, 0.25) is 0 Å². The van der Waals surface area contributed by atoms with E-state index in [9.17, 15) is 4.79 Å². The molecular formula is C33H37N3O2S. The van der Waals surface area contributed by atoms with Crippen LogP contribution in [-0.4, -0.2) is 41.7 Å².